The molecule has 0 fully saturated rings. The summed E-state index contributed by atoms with van der Waals surface area (Å²) in [4.78, 5) is 32.7. The van der Waals surface area contributed by atoms with Crippen molar-refractivity contribution in [1.29, 1.82) is 0 Å². The van der Waals surface area contributed by atoms with Gasteiger partial charge in [0.15, 0.2) is 4.80 Å². The van der Waals surface area contributed by atoms with Crippen LogP contribution in [0.2, 0.25) is 0 Å². The minimum atomic E-state index is -0.741. The Hall–Kier alpha value is -4.80. The number of allylic oxidation sites excluding steroid dienone is 1. The lowest BCUT2D eigenvalue weighted by atomic mass is 9.96. The highest BCUT2D eigenvalue weighted by atomic mass is 79.9. The maximum Gasteiger partial charge on any atom is 0.338 e. The highest BCUT2D eigenvalue weighted by molar-refractivity contribution is 9.10. The number of carbonyl (C=O) groups excluding carboxylic acids is 1. The Morgan fingerprint density at radius 3 is 2.48 bits per heavy atom. The number of nitrogens with zero attached hydrogens (tertiary/aromatic N) is 4. The number of aromatic nitrogens is 3. The van der Waals surface area contributed by atoms with Crippen molar-refractivity contribution in [2.75, 3.05) is 13.7 Å². The van der Waals surface area contributed by atoms with E-state index in [-0.39, 0.29) is 12.2 Å². The van der Waals surface area contributed by atoms with E-state index in [0.717, 1.165) is 32.5 Å². The number of hydrogen-bond donors (Lipinski definition) is 0. The van der Waals surface area contributed by atoms with Gasteiger partial charge in [-0.3, -0.25) is 9.36 Å². The fourth-order valence-electron chi connectivity index (χ4n) is 5.08. The third-order valence-corrected chi connectivity index (χ3v) is 8.68. The van der Waals surface area contributed by atoms with Crippen molar-refractivity contribution < 1.29 is 14.3 Å². The molecule has 0 unspecified atom stereocenters. The second kappa shape index (κ2) is 12.4. The molecule has 0 saturated heterocycles. The van der Waals surface area contributed by atoms with Gasteiger partial charge in [0.25, 0.3) is 5.56 Å². The predicted octanol–water partition coefficient (Wildman–Crippen LogP) is 5.59. The van der Waals surface area contributed by atoms with Gasteiger partial charge in [0.05, 0.1) is 40.3 Å². The van der Waals surface area contributed by atoms with Crippen LogP contribution >= 0.6 is 27.3 Å². The van der Waals surface area contributed by atoms with Crippen molar-refractivity contribution in [1.82, 2.24) is 14.3 Å². The van der Waals surface area contributed by atoms with Gasteiger partial charge in [-0.1, -0.05) is 82.4 Å². The van der Waals surface area contributed by atoms with E-state index in [1.54, 1.807) is 35.4 Å². The summed E-state index contributed by atoms with van der Waals surface area (Å²) < 4.78 is 15.6. The lowest BCUT2D eigenvalue weighted by Gasteiger charge is -2.24. The number of thiazole rings is 1. The van der Waals surface area contributed by atoms with Crippen molar-refractivity contribution in [3.63, 3.8) is 0 Å². The summed E-state index contributed by atoms with van der Waals surface area (Å²) in [7, 11) is 1.59. The highest BCUT2D eigenvalue weighted by Crippen LogP contribution is 2.32. The van der Waals surface area contributed by atoms with E-state index >= 15 is 0 Å². The zero-order valence-corrected chi connectivity index (χ0v) is 26.3. The summed E-state index contributed by atoms with van der Waals surface area (Å²) in [5.41, 5.74) is 4.53. The molecule has 220 valence electrons. The number of benzene rings is 3. The molecule has 0 aliphatic carbocycles. The van der Waals surface area contributed by atoms with E-state index in [9.17, 15) is 9.59 Å². The highest BCUT2D eigenvalue weighted by Gasteiger charge is 2.33. The van der Waals surface area contributed by atoms with Crippen LogP contribution in [0.15, 0.2) is 123 Å². The third kappa shape index (κ3) is 5.61. The minimum Gasteiger partial charge on any atom is -0.497 e. The van der Waals surface area contributed by atoms with Gasteiger partial charge in [-0.15, -0.1) is 0 Å². The van der Waals surface area contributed by atoms with Gasteiger partial charge < -0.3 is 9.47 Å². The van der Waals surface area contributed by atoms with E-state index in [0.29, 0.717) is 26.4 Å². The Kier molecular flexibility index (Phi) is 8.28. The van der Waals surface area contributed by atoms with Crippen LogP contribution in [-0.2, 0) is 9.53 Å². The van der Waals surface area contributed by atoms with E-state index in [1.807, 2.05) is 79.0 Å². The number of hydrogen-bond acceptors (Lipinski definition) is 7. The molecule has 8 nitrogen and oxygen atoms in total. The summed E-state index contributed by atoms with van der Waals surface area (Å²) in [5, 5.41) is 4.90. The van der Waals surface area contributed by atoms with Crippen LogP contribution in [0.1, 0.15) is 24.1 Å². The van der Waals surface area contributed by atoms with Crippen LogP contribution in [0.4, 0.5) is 0 Å². The Labute approximate surface area is 265 Å². The zero-order chi connectivity index (χ0) is 30.8. The van der Waals surface area contributed by atoms with Gasteiger partial charge in [-0.2, -0.15) is 5.10 Å². The molecule has 44 heavy (non-hydrogen) atoms. The number of carbonyl (C=O) groups is 1. The van der Waals surface area contributed by atoms with Crippen molar-refractivity contribution in [2.24, 2.45) is 4.99 Å². The van der Waals surface area contributed by atoms with Crippen LogP contribution < -0.4 is 19.6 Å². The summed E-state index contributed by atoms with van der Waals surface area (Å²) in [6.07, 6.45) is 5.26. The number of esters is 1. The molecule has 2 aromatic heterocycles. The summed E-state index contributed by atoms with van der Waals surface area (Å²) in [6.45, 7) is 5.44. The van der Waals surface area contributed by atoms with Gasteiger partial charge in [-0.25, -0.2) is 14.5 Å². The van der Waals surface area contributed by atoms with Crippen LogP contribution in [0.5, 0.6) is 5.75 Å². The first-order valence-corrected chi connectivity index (χ1v) is 15.3. The second-order valence-electron chi connectivity index (χ2n) is 9.96. The molecule has 1 aliphatic rings. The van der Waals surface area contributed by atoms with E-state index in [4.69, 9.17) is 19.6 Å². The first kappa shape index (κ1) is 29.3. The molecule has 3 heterocycles. The SMILES string of the molecule is C=CCOC(=O)C1=C(C)N=c2s/c(=C\c3cn(-c4ccccc4)nc3-c3ccc(Br)cc3)c(=O)n2[C@H]1c1ccc(OC)cc1. The summed E-state index contributed by atoms with van der Waals surface area (Å²) in [6, 6.07) is 24.2. The maximum atomic E-state index is 14.2. The number of halogens is 1. The molecular weight excluding hydrogens is 640 g/mol. The molecule has 0 spiro atoms. The smallest absolute Gasteiger partial charge is 0.338 e. The maximum absolute atomic E-state index is 14.2. The number of ether oxygens (including phenoxy) is 2. The van der Waals surface area contributed by atoms with Gasteiger partial charge in [0.1, 0.15) is 12.4 Å². The Morgan fingerprint density at radius 1 is 1.07 bits per heavy atom. The monoisotopic (exact) mass is 666 g/mol. The lowest BCUT2D eigenvalue weighted by molar-refractivity contribution is -0.138. The lowest BCUT2D eigenvalue weighted by Crippen LogP contribution is -2.39. The van der Waals surface area contributed by atoms with Crippen molar-refractivity contribution in [2.45, 2.75) is 13.0 Å². The first-order chi connectivity index (χ1) is 21.4. The quantitative estimate of drug-likeness (QED) is 0.159. The largest absolute Gasteiger partial charge is 0.497 e. The predicted molar refractivity (Wildman–Crippen MR) is 175 cm³/mol. The average Bonchev–Trinajstić information content (AvgIpc) is 3.60. The van der Waals surface area contributed by atoms with Gasteiger partial charge in [0, 0.05) is 21.8 Å². The molecule has 1 aliphatic heterocycles. The molecule has 1 atom stereocenters. The average molecular weight is 668 g/mol. The molecule has 0 amide bonds. The molecule has 5 aromatic rings. The molecule has 3 aromatic carbocycles. The molecule has 0 N–H and O–H groups in total. The van der Waals surface area contributed by atoms with E-state index in [2.05, 4.69) is 22.5 Å². The third-order valence-electron chi connectivity index (χ3n) is 7.17. The van der Waals surface area contributed by atoms with E-state index in [1.165, 1.54) is 17.4 Å². The van der Waals surface area contributed by atoms with Gasteiger partial charge in [-0.05, 0) is 55.0 Å². The van der Waals surface area contributed by atoms with Gasteiger partial charge in [0.2, 0.25) is 0 Å². The Balaban J connectivity index is 1.54. The second-order valence-corrected chi connectivity index (χ2v) is 11.9. The minimum absolute atomic E-state index is 0.0413. The van der Waals surface area contributed by atoms with Crippen molar-refractivity contribution in [3.8, 4) is 22.7 Å². The molecule has 10 heteroatoms. The normalized spacial score (nSPS) is 14.6. The van der Waals surface area contributed by atoms with Crippen LogP contribution in [0.25, 0.3) is 23.0 Å². The number of methoxy groups -OCH3 is 1. The van der Waals surface area contributed by atoms with Crippen molar-refractivity contribution in [3.05, 3.63) is 144 Å². The molecule has 0 radical (unpaired) electrons. The zero-order valence-electron chi connectivity index (χ0n) is 23.9. The topological polar surface area (TPSA) is 87.7 Å². The standard InChI is InChI=1S/C34H27BrN4O4S/c1-4-18-43-33(41)29-21(2)36-34-39(31(29)23-12-16-27(42-3)17-13-23)32(40)28(44-34)19-24-20-38(26-8-6-5-7-9-26)37-30(24)22-10-14-25(35)15-11-22/h4-17,19-20,31H,1,18H2,2-3H3/b28-19-/t31-/m0/s1. The molecular formula is C34H27BrN4O4S. The number of para-hydroxylation sites is 1. The molecule has 0 saturated carbocycles. The number of fused-ring (bicyclic) bond motifs is 1. The van der Waals surface area contributed by atoms with Crippen molar-refractivity contribution >= 4 is 39.3 Å². The molecule has 0 bridgehead atoms. The van der Waals surface area contributed by atoms with Gasteiger partial charge >= 0.3 is 5.97 Å². The van der Waals surface area contributed by atoms with Crippen LogP contribution in [-0.4, -0.2) is 34.0 Å². The van der Waals surface area contributed by atoms with E-state index < -0.39 is 12.0 Å². The summed E-state index contributed by atoms with van der Waals surface area (Å²) >= 11 is 4.77. The molecule has 6 rings (SSSR count). The first-order valence-electron chi connectivity index (χ1n) is 13.7. The Bertz CT molecular complexity index is 2080. The van der Waals surface area contributed by atoms with Crippen LogP contribution in [0, 0.1) is 0 Å². The summed E-state index contributed by atoms with van der Waals surface area (Å²) in [5.74, 6) is 0.108. The Morgan fingerprint density at radius 2 is 1.80 bits per heavy atom. The fraction of sp³-hybridized carbons (Fsp3) is 0.118. The fourth-order valence-corrected chi connectivity index (χ4v) is 6.38. The number of rotatable bonds is 8. The van der Waals surface area contributed by atoms with Crippen LogP contribution in [0.3, 0.4) is 0 Å².